The number of sulfonamides is 1. The van der Waals surface area contributed by atoms with Gasteiger partial charge in [0.05, 0.1) is 4.90 Å². The van der Waals surface area contributed by atoms with Crippen molar-refractivity contribution in [3.8, 4) is 11.5 Å². The summed E-state index contributed by atoms with van der Waals surface area (Å²) in [7, 11) is -3.92. The van der Waals surface area contributed by atoms with E-state index in [2.05, 4.69) is 0 Å². The van der Waals surface area contributed by atoms with E-state index in [0.29, 0.717) is 37.6 Å². The Kier molecular flexibility index (Phi) is 5.67. The Hall–Kier alpha value is -2.13. The van der Waals surface area contributed by atoms with E-state index in [9.17, 15) is 18.0 Å². The summed E-state index contributed by atoms with van der Waals surface area (Å²) in [6, 6.07) is 3.46. The predicted molar refractivity (Wildman–Crippen MR) is 99.8 cm³/mol. The maximum atomic E-state index is 13.1. The number of Topliss-reactive ketones (excluding diaryl/α,β-unsaturated/α-hetero) is 1. The zero-order valence-electron chi connectivity index (χ0n) is 16.3. The fourth-order valence-electron chi connectivity index (χ4n) is 3.03. The highest BCUT2D eigenvalue weighted by atomic mass is 32.2. The highest BCUT2D eigenvalue weighted by Gasteiger charge is 2.41. The normalized spacial score (nSPS) is 20.0. The number of ether oxygens (including phenoxy) is 3. The second-order valence-corrected chi connectivity index (χ2v) is 9.75. The first kappa shape index (κ1) is 20.6. The van der Waals surface area contributed by atoms with Crippen molar-refractivity contribution in [2.45, 2.75) is 44.6 Å². The summed E-state index contributed by atoms with van der Waals surface area (Å²) >= 11 is 0. The lowest BCUT2D eigenvalue weighted by Gasteiger charge is -2.24. The fourth-order valence-corrected chi connectivity index (χ4v) is 4.70. The summed E-state index contributed by atoms with van der Waals surface area (Å²) < 4.78 is 43.3. The average Bonchev–Trinajstić information content (AvgIpc) is 3.15. The van der Waals surface area contributed by atoms with Gasteiger partial charge in [0, 0.05) is 18.0 Å². The molecule has 1 aromatic rings. The van der Waals surface area contributed by atoms with Gasteiger partial charge in [-0.15, -0.1) is 0 Å². The zero-order chi connectivity index (χ0) is 20.5. The molecular formula is C19H25NO7S. The number of benzene rings is 1. The molecule has 1 aromatic carbocycles. The van der Waals surface area contributed by atoms with E-state index in [-0.39, 0.29) is 23.8 Å². The van der Waals surface area contributed by atoms with E-state index >= 15 is 0 Å². The standard InChI is InChI=1S/C19H25NO7S/c1-19(2,3)17(21)12-27-18(22)14-5-4-8-20(14)28(23,24)13-6-7-15-16(11-13)26-10-9-25-15/h6-7,11,14H,4-5,8-10,12H2,1-3H3/t14-/m0/s1. The molecule has 9 heteroatoms. The minimum atomic E-state index is -3.92. The number of carbonyl (C=O) groups is 2. The third kappa shape index (κ3) is 4.15. The molecule has 2 aliphatic rings. The first-order chi connectivity index (χ1) is 13.1. The van der Waals surface area contributed by atoms with Crippen LogP contribution in [0, 0.1) is 5.41 Å². The Morgan fingerprint density at radius 3 is 2.54 bits per heavy atom. The lowest BCUT2D eigenvalue weighted by molar-refractivity contribution is -0.153. The monoisotopic (exact) mass is 411 g/mol. The smallest absolute Gasteiger partial charge is 0.324 e. The van der Waals surface area contributed by atoms with Crippen LogP contribution in [0.2, 0.25) is 0 Å². The molecule has 2 aliphatic heterocycles. The number of hydrogen-bond donors (Lipinski definition) is 0. The molecule has 2 heterocycles. The number of fused-ring (bicyclic) bond motifs is 1. The number of ketones is 1. The molecule has 0 unspecified atom stereocenters. The van der Waals surface area contributed by atoms with Gasteiger partial charge in [0.1, 0.15) is 19.3 Å². The van der Waals surface area contributed by atoms with Gasteiger partial charge >= 0.3 is 5.97 Å². The van der Waals surface area contributed by atoms with Crippen molar-refractivity contribution < 1.29 is 32.2 Å². The van der Waals surface area contributed by atoms with Gasteiger partial charge in [0.15, 0.2) is 23.9 Å². The molecule has 1 saturated heterocycles. The molecule has 0 spiro atoms. The number of rotatable bonds is 5. The molecule has 0 aliphatic carbocycles. The maximum Gasteiger partial charge on any atom is 0.324 e. The average molecular weight is 411 g/mol. The number of hydrogen-bond acceptors (Lipinski definition) is 7. The van der Waals surface area contributed by atoms with Crippen LogP contribution in [0.5, 0.6) is 11.5 Å². The zero-order valence-corrected chi connectivity index (χ0v) is 17.1. The van der Waals surface area contributed by atoms with Gasteiger partial charge in [-0.2, -0.15) is 4.31 Å². The van der Waals surface area contributed by atoms with Crippen LogP contribution in [0.1, 0.15) is 33.6 Å². The van der Waals surface area contributed by atoms with Gasteiger partial charge in [-0.1, -0.05) is 20.8 Å². The summed E-state index contributed by atoms with van der Waals surface area (Å²) in [5.74, 6) is -0.0685. The molecule has 0 N–H and O–H groups in total. The van der Waals surface area contributed by atoms with E-state index in [0.717, 1.165) is 4.31 Å². The van der Waals surface area contributed by atoms with E-state index < -0.39 is 27.4 Å². The summed E-state index contributed by atoms with van der Waals surface area (Å²) in [5.41, 5.74) is -0.632. The summed E-state index contributed by atoms with van der Waals surface area (Å²) in [4.78, 5) is 24.5. The SMILES string of the molecule is CC(C)(C)C(=O)COC(=O)[C@@H]1CCCN1S(=O)(=O)c1ccc2c(c1)OCCO2. The Balaban J connectivity index is 1.76. The third-order valence-electron chi connectivity index (χ3n) is 4.78. The largest absolute Gasteiger partial charge is 0.486 e. The minimum absolute atomic E-state index is 0.0298. The molecular weight excluding hydrogens is 386 g/mol. The van der Waals surface area contributed by atoms with Crippen LogP contribution in [0.3, 0.4) is 0 Å². The highest BCUT2D eigenvalue weighted by molar-refractivity contribution is 7.89. The Morgan fingerprint density at radius 2 is 1.86 bits per heavy atom. The molecule has 28 heavy (non-hydrogen) atoms. The lowest BCUT2D eigenvalue weighted by Crippen LogP contribution is -2.42. The van der Waals surface area contributed by atoms with Crippen molar-refractivity contribution in [3.05, 3.63) is 18.2 Å². The molecule has 1 fully saturated rings. The van der Waals surface area contributed by atoms with Crippen molar-refractivity contribution in [1.82, 2.24) is 4.31 Å². The fraction of sp³-hybridized carbons (Fsp3) is 0.579. The van der Waals surface area contributed by atoms with Crippen LogP contribution in [0.15, 0.2) is 23.1 Å². The van der Waals surface area contributed by atoms with Gasteiger partial charge in [-0.25, -0.2) is 8.42 Å². The van der Waals surface area contributed by atoms with Gasteiger partial charge in [0.2, 0.25) is 10.0 Å². The second kappa shape index (κ2) is 7.71. The quantitative estimate of drug-likeness (QED) is 0.681. The van der Waals surface area contributed by atoms with E-state index in [1.165, 1.54) is 12.1 Å². The van der Waals surface area contributed by atoms with Crippen molar-refractivity contribution in [3.63, 3.8) is 0 Å². The van der Waals surface area contributed by atoms with Crippen molar-refractivity contribution >= 4 is 21.8 Å². The first-order valence-electron chi connectivity index (χ1n) is 9.22. The van der Waals surface area contributed by atoms with E-state index in [1.807, 2.05) is 0 Å². The highest BCUT2D eigenvalue weighted by Crippen LogP contribution is 2.35. The van der Waals surface area contributed by atoms with Crippen molar-refractivity contribution in [2.75, 3.05) is 26.4 Å². The van der Waals surface area contributed by atoms with E-state index in [1.54, 1.807) is 26.8 Å². The molecule has 3 rings (SSSR count). The lowest BCUT2D eigenvalue weighted by atomic mass is 9.91. The van der Waals surface area contributed by atoms with Gasteiger partial charge < -0.3 is 14.2 Å². The van der Waals surface area contributed by atoms with Gasteiger partial charge in [0.25, 0.3) is 0 Å². The van der Waals surface area contributed by atoms with Crippen molar-refractivity contribution in [1.29, 1.82) is 0 Å². The van der Waals surface area contributed by atoms with Gasteiger partial charge in [-0.05, 0) is 25.0 Å². The molecule has 1 atom stereocenters. The van der Waals surface area contributed by atoms with Crippen LogP contribution in [-0.4, -0.2) is 56.9 Å². The second-order valence-electron chi connectivity index (χ2n) is 7.86. The molecule has 0 radical (unpaired) electrons. The molecule has 0 bridgehead atoms. The Morgan fingerprint density at radius 1 is 1.18 bits per heavy atom. The predicted octanol–water partition coefficient (Wildman–Crippen LogP) is 1.77. The minimum Gasteiger partial charge on any atom is -0.486 e. The summed E-state index contributed by atoms with van der Waals surface area (Å²) in [5, 5.41) is 0. The molecule has 0 amide bonds. The van der Waals surface area contributed by atoms with Crippen LogP contribution in [-0.2, 0) is 24.3 Å². The Bertz CT molecular complexity index is 873. The summed E-state index contributed by atoms with van der Waals surface area (Å²) in [6.07, 6.45) is 0.892. The number of nitrogens with zero attached hydrogens (tertiary/aromatic N) is 1. The Labute approximate surface area is 164 Å². The first-order valence-corrected chi connectivity index (χ1v) is 10.7. The van der Waals surface area contributed by atoms with Crippen LogP contribution < -0.4 is 9.47 Å². The van der Waals surface area contributed by atoms with Gasteiger partial charge in [-0.3, -0.25) is 9.59 Å². The maximum absolute atomic E-state index is 13.1. The summed E-state index contributed by atoms with van der Waals surface area (Å²) in [6.45, 7) is 5.80. The molecule has 154 valence electrons. The molecule has 8 nitrogen and oxygen atoms in total. The van der Waals surface area contributed by atoms with Crippen LogP contribution in [0.4, 0.5) is 0 Å². The van der Waals surface area contributed by atoms with Crippen LogP contribution in [0.25, 0.3) is 0 Å². The van der Waals surface area contributed by atoms with Crippen molar-refractivity contribution in [2.24, 2.45) is 5.41 Å². The number of carbonyl (C=O) groups excluding carboxylic acids is 2. The number of esters is 1. The van der Waals surface area contributed by atoms with E-state index in [4.69, 9.17) is 14.2 Å². The van der Waals surface area contributed by atoms with Crippen LogP contribution >= 0.6 is 0 Å². The third-order valence-corrected chi connectivity index (χ3v) is 6.68. The molecule has 0 saturated carbocycles. The topological polar surface area (TPSA) is 99.2 Å². The molecule has 0 aromatic heterocycles.